The lowest BCUT2D eigenvalue weighted by atomic mass is 9.97. The van der Waals surface area contributed by atoms with Gasteiger partial charge in [-0.25, -0.2) is 4.90 Å². The number of aromatic nitrogens is 1. The number of anilines is 1. The largest absolute Gasteiger partial charge is 0.495 e. The number of allylic oxidation sites excluding steroid dienone is 1. The molecule has 1 atom stereocenters. The van der Waals surface area contributed by atoms with Crippen LogP contribution in [0.2, 0.25) is 0 Å². The van der Waals surface area contributed by atoms with Crippen LogP contribution in [0.25, 0.3) is 10.9 Å². The number of rotatable bonds is 5. The average Bonchev–Trinajstić information content (AvgIpc) is 3.19. The maximum Gasteiger partial charge on any atom is 0.242 e. The van der Waals surface area contributed by atoms with Crippen molar-refractivity contribution in [3.05, 3.63) is 72.9 Å². The number of carbonyl (C=O) groups excluding carboxylic acids is 2. The van der Waals surface area contributed by atoms with Crippen molar-refractivity contribution in [3.63, 3.8) is 0 Å². The van der Waals surface area contributed by atoms with Crippen molar-refractivity contribution in [2.75, 3.05) is 12.0 Å². The van der Waals surface area contributed by atoms with Gasteiger partial charge in [-0.2, -0.15) is 0 Å². The summed E-state index contributed by atoms with van der Waals surface area (Å²) in [6.07, 6.45) is 3.94. The third-order valence-electron chi connectivity index (χ3n) is 4.99. The third kappa shape index (κ3) is 2.72. The molecule has 1 fully saturated rings. The second-order valence-electron chi connectivity index (χ2n) is 6.54. The Kier molecular flexibility index (Phi) is 4.28. The maximum absolute atomic E-state index is 13.2. The molecule has 1 aliphatic rings. The van der Waals surface area contributed by atoms with Gasteiger partial charge in [0.15, 0.2) is 0 Å². The second kappa shape index (κ2) is 6.76. The van der Waals surface area contributed by atoms with Gasteiger partial charge in [0.1, 0.15) is 5.75 Å². The highest BCUT2D eigenvalue weighted by atomic mass is 16.5. The van der Waals surface area contributed by atoms with Crippen LogP contribution in [0, 0.1) is 0 Å². The first-order valence-corrected chi connectivity index (χ1v) is 8.84. The standard InChI is InChI=1S/C22H20N2O3/c1-3-12-23-14-17(15-8-4-5-9-18(15)23)16-13-21(25)24(22(16)26)19-10-6-7-11-20(19)27-2/h3-11,14,16H,1,12-13H2,2H3/t16-/m0/s1. The highest BCUT2D eigenvalue weighted by Gasteiger charge is 2.42. The van der Waals surface area contributed by atoms with Gasteiger partial charge < -0.3 is 9.30 Å². The molecule has 0 spiro atoms. The van der Waals surface area contributed by atoms with E-state index < -0.39 is 5.92 Å². The Morgan fingerprint density at radius 2 is 1.89 bits per heavy atom. The lowest BCUT2D eigenvalue weighted by Gasteiger charge is -2.17. The van der Waals surface area contributed by atoms with E-state index in [4.69, 9.17) is 4.74 Å². The van der Waals surface area contributed by atoms with Crippen molar-refractivity contribution in [3.8, 4) is 5.75 Å². The molecular formula is C22H20N2O3. The molecule has 2 aromatic carbocycles. The van der Waals surface area contributed by atoms with E-state index in [1.807, 2.05) is 42.6 Å². The van der Waals surface area contributed by atoms with Crippen molar-refractivity contribution >= 4 is 28.4 Å². The van der Waals surface area contributed by atoms with Crippen molar-refractivity contribution in [2.45, 2.75) is 18.9 Å². The van der Waals surface area contributed by atoms with Crippen LogP contribution in [0.4, 0.5) is 5.69 Å². The highest BCUT2D eigenvalue weighted by Crippen LogP contribution is 2.40. The van der Waals surface area contributed by atoms with E-state index in [2.05, 4.69) is 11.1 Å². The van der Waals surface area contributed by atoms with Gasteiger partial charge in [0.05, 0.1) is 18.7 Å². The molecule has 4 rings (SSSR count). The van der Waals surface area contributed by atoms with Gasteiger partial charge in [0.2, 0.25) is 11.8 Å². The first kappa shape index (κ1) is 17.1. The molecule has 0 bridgehead atoms. The van der Waals surface area contributed by atoms with Crippen LogP contribution >= 0.6 is 0 Å². The Labute approximate surface area is 157 Å². The predicted octanol–water partition coefficient (Wildman–Crippen LogP) is 3.88. The Hall–Kier alpha value is -3.34. The summed E-state index contributed by atoms with van der Waals surface area (Å²) >= 11 is 0. The number of hydrogen-bond acceptors (Lipinski definition) is 3. The third-order valence-corrected chi connectivity index (χ3v) is 4.99. The number of methoxy groups -OCH3 is 1. The smallest absolute Gasteiger partial charge is 0.242 e. The summed E-state index contributed by atoms with van der Waals surface area (Å²) in [6.45, 7) is 4.45. The summed E-state index contributed by atoms with van der Waals surface area (Å²) in [4.78, 5) is 27.2. The van der Waals surface area contributed by atoms with Gasteiger partial charge >= 0.3 is 0 Å². The Bertz CT molecular complexity index is 1050. The molecule has 0 N–H and O–H groups in total. The molecule has 0 saturated carbocycles. The number of carbonyl (C=O) groups is 2. The molecule has 0 aliphatic carbocycles. The summed E-state index contributed by atoms with van der Waals surface area (Å²) in [5.74, 6) is -0.423. The zero-order valence-electron chi connectivity index (χ0n) is 15.1. The van der Waals surface area contributed by atoms with Gasteiger partial charge in [0.25, 0.3) is 0 Å². The lowest BCUT2D eigenvalue weighted by molar-refractivity contribution is -0.121. The van der Waals surface area contributed by atoms with Crippen molar-refractivity contribution in [1.29, 1.82) is 0 Å². The summed E-state index contributed by atoms with van der Waals surface area (Å²) in [5, 5.41) is 0.993. The van der Waals surface area contributed by atoms with Gasteiger partial charge in [0, 0.05) is 30.1 Å². The van der Waals surface area contributed by atoms with Crippen LogP contribution in [-0.4, -0.2) is 23.5 Å². The monoisotopic (exact) mass is 360 g/mol. The van der Waals surface area contributed by atoms with E-state index in [1.165, 1.54) is 12.0 Å². The number of hydrogen-bond donors (Lipinski definition) is 0. The maximum atomic E-state index is 13.2. The minimum Gasteiger partial charge on any atom is -0.495 e. The number of amides is 2. The van der Waals surface area contributed by atoms with Crippen molar-refractivity contribution in [1.82, 2.24) is 4.57 Å². The molecule has 2 amide bonds. The van der Waals surface area contributed by atoms with E-state index >= 15 is 0 Å². The van der Waals surface area contributed by atoms with Crippen LogP contribution in [0.1, 0.15) is 17.9 Å². The fraction of sp³-hybridized carbons (Fsp3) is 0.182. The zero-order chi connectivity index (χ0) is 19.0. The molecule has 0 unspecified atom stereocenters. The number of ether oxygens (including phenoxy) is 1. The molecule has 1 aromatic heterocycles. The van der Waals surface area contributed by atoms with E-state index in [1.54, 1.807) is 18.2 Å². The number of benzene rings is 2. The first-order valence-electron chi connectivity index (χ1n) is 8.84. The van der Waals surface area contributed by atoms with Gasteiger partial charge in [-0.1, -0.05) is 36.4 Å². The average molecular weight is 360 g/mol. The van der Waals surface area contributed by atoms with Crippen molar-refractivity contribution < 1.29 is 14.3 Å². The van der Waals surface area contributed by atoms with E-state index in [9.17, 15) is 9.59 Å². The fourth-order valence-electron chi connectivity index (χ4n) is 3.79. The Morgan fingerprint density at radius 3 is 2.67 bits per heavy atom. The Balaban J connectivity index is 1.79. The van der Waals surface area contributed by atoms with Crippen LogP contribution in [0.15, 0.2) is 67.4 Å². The fourth-order valence-corrected chi connectivity index (χ4v) is 3.79. The molecule has 2 heterocycles. The number of nitrogens with zero attached hydrogens (tertiary/aromatic N) is 2. The van der Waals surface area contributed by atoms with E-state index in [0.29, 0.717) is 18.0 Å². The van der Waals surface area contributed by atoms with Crippen LogP contribution < -0.4 is 9.64 Å². The summed E-state index contributed by atoms with van der Waals surface area (Å²) in [7, 11) is 1.53. The quantitative estimate of drug-likeness (QED) is 0.512. The van der Waals surface area contributed by atoms with E-state index in [-0.39, 0.29) is 18.2 Å². The van der Waals surface area contributed by atoms with E-state index in [0.717, 1.165) is 16.5 Å². The topological polar surface area (TPSA) is 51.5 Å². The molecule has 5 nitrogen and oxygen atoms in total. The summed E-state index contributed by atoms with van der Waals surface area (Å²) in [6, 6.07) is 15.0. The number of imide groups is 1. The SMILES string of the molecule is C=CCn1cc([C@@H]2CC(=O)N(c3ccccc3OC)C2=O)c2ccccc21. The molecule has 0 radical (unpaired) electrons. The zero-order valence-corrected chi connectivity index (χ0v) is 15.1. The molecule has 1 aliphatic heterocycles. The summed E-state index contributed by atoms with van der Waals surface area (Å²) in [5.41, 5.74) is 2.40. The molecule has 136 valence electrons. The first-order chi connectivity index (χ1) is 13.2. The molecule has 5 heteroatoms. The van der Waals surface area contributed by atoms with Crippen molar-refractivity contribution in [2.24, 2.45) is 0 Å². The van der Waals surface area contributed by atoms with Crippen LogP contribution in [-0.2, 0) is 16.1 Å². The molecule has 3 aromatic rings. The van der Waals surface area contributed by atoms with Gasteiger partial charge in [-0.15, -0.1) is 6.58 Å². The number of fused-ring (bicyclic) bond motifs is 1. The number of para-hydroxylation sites is 3. The minimum atomic E-state index is -0.502. The van der Waals surface area contributed by atoms with Gasteiger partial charge in [-0.3, -0.25) is 9.59 Å². The highest BCUT2D eigenvalue weighted by molar-refractivity contribution is 6.24. The Morgan fingerprint density at radius 1 is 1.15 bits per heavy atom. The molecular weight excluding hydrogens is 340 g/mol. The predicted molar refractivity (Wildman–Crippen MR) is 105 cm³/mol. The molecule has 1 saturated heterocycles. The van der Waals surface area contributed by atoms with Crippen LogP contribution in [0.5, 0.6) is 5.75 Å². The van der Waals surface area contributed by atoms with Gasteiger partial charge in [-0.05, 0) is 23.8 Å². The summed E-state index contributed by atoms with van der Waals surface area (Å²) < 4.78 is 7.40. The lowest BCUT2D eigenvalue weighted by Crippen LogP contribution is -2.30. The van der Waals surface area contributed by atoms with Crippen LogP contribution in [0.3, 0.4) is 0 Å². The second-order valence-corrected chi connectivity index (χ2v) is 6.54. The normalized spacial score (nSPS) is 16.9. The minimum absolute atomic E-state index is 0.152. The molecule has 27 heavy (non-hydrogen) atoms.